The van der Waals surface area contributed by atoms with E-state index in [0.717, 1.165) is 12.1 Å². The zero-order valence-electron chi connectivity index (χ0n) is 8.38. The zero-order chi connectivity index (χ0) is 10.8. The fourth-order valence-electron chi connectivity index (χ4n) is 1.39. The van der Waals surface area contributed by atoms with E-state index < -0.39 is 0 Å². The number of anilines is 1. The Morgan fingerprint density at radius 2 is 2.13 bits per heavy atom. The monoisotopic (exact) mass is 204 g/mol. The number of phenols is 1. The van der Waals surface area contributed by atoms with Crippen molar-refractivity contribution in [2.24, 2.45) is 0 Å². The molecule has 0 unspecified atom stereocenters. The van der Waals surface area contributed by atoms with Crippen molar-refractivity contribution in [3.8, 4) is 11.4 Å². The minimum atomic E-state index is 0.136. The summed E-state index contributed by atoms with van der Waals surface area (Å²) in [5, 5.41) is 17.5. The maximum Gasteiger partial charge on any atom is 0.151 e. The van der Waals surface area contributed by atoms with E-state index in [1.54, 1.807) is 18.2 Å². The molecule has 1 aromatic heterocycles. The Kier molecular flexibility index (Phi) is 2.29. The Balaban J connectivity index is 2.55. The highest BCUT2D eigenvalue weighted by molar-refractivity contribution is 5.51. The van der Waals surface area contributed by atoms with Crippen molar-refractivity contribution in [1.29, 1.82) is 0 Å². The van der Waals surface area contributed by atoms with Crippen molar-refractivity contribution in [2.75, 3.05) is 5.73 Å². The van der Waals surface area contributed by atoms with E-state index in [-0.39, 0.29) is 5.75 Å². The number of nitrogen functional groups attached to an aromatic ring is 1. The molecular weight excluding hydrogens is 192 g/mol. The fraction of sp³-hybridized carbons (Fsp3) is 0.200. The van der Waals surface area contributed by atoms with Gasteiger partial charge in [0, 0.05) is 0 Å². The number of hydrogen-bond donors (Lipinski definition) is 2. The Bertz CT molecular complexity index is 478. The molecule has 0 amide bonds. The van der Waals surface area contributed by atoms with E-state index in [1.165, 1.54) is 4.68 Å². The van der Waals surface area contributed by atoms with Crippen LogP contribution in [0.3, 0.4) is 0 Å². The molecule has 0 fully saturated rings. The van der Waals surface area contributed by atoms with Gasteiger partial charge in [-0.15, -0.1) is 5.10 Å². The van der Waals surface area contributed by atoms with E-state index in [1.807, 2.05) is 13.0 Å². The van der Waals surface area contributed by atoms with Gasteiger partial charge in [0.25, 0.3) is 0 Å². The molecule has 1 aromatic carbocycles. The Hall–Kier alpha value is -2.04. The van der Waals surface area contributed by atoms with Crippen molar-refractivity contribution in [2.45, 2.75) is 13.3 Å². The van der Waals surface area contributed by atoms with Crippen LogP contribution in [-0.4, -0.2) is 20.1 Å². The quantitative estimate of drug-likeness (QED) is 0.768. The van der Waals surface area contributed by atoms with Crippen LogP contribution in [0.5, 0.6) is 5.75 Å². The van der Waals surface area contributed by atoms with Gasteiger partial charge in [0.05, 0.1) is 0 Å². The normalized spacial score (nSPS) is 10.5. The van der Waals surface area contributed by atoms with Crippen molar-refractivity contribution >= 4 is 5.82 Å². The maximum atomic E-state index is 9.63. The molecular formula is C10H12N4O. The lowest BCUT2D eigenvalue weighted by atomic mass is 10.3. The van der Waals surface area contributed by atoms with Crippen LogP contribution in [0.4, 0.5) is 5.82 Å². The maximum absolute atomic E-state index is 9.63. The second-order valence-electron chi connectivity index (χ2n) is 3.18. The highest BCUT2D eigenvalue weighted by Crippen LogP contribution is 2.23. The van der Waals surface area contributed by atoms with Crippen LogP contribution in [-0.2, 0) is 6.42 Å². The first-order valence-corrected chi connectivity index (χ1v) is 4.72. The lowest BCUT2D eigenvalue weighted by Gasteiger charge is -2.04. The summed E-state index contributed by atoms with van der Waals surface area (Å²) in [5.41, 5.74) is 7.12. The molecule has 0 saturated heterocycles. The molecule has 0 aliphatic heterocycles. The lowest BCUT2D eigenvalue weighted by Crippen LogP contribution is -2.03. The van der Waals surface area contributed by atoms with Gasteiger partial charge in [-0.25, -0.2) is 0 Å². The number of para-hydroxylation sites is 2. The third-order valence-corrected chi connectivity index (χ3v) is 2.22. The van der Waals surface area contributed by atoms with E-state index in [9.17, 15) is 5.11 Å². The zero-order valence-corrected chi connectivity index (χ0v) is 8.38. The number of nitrogens with two attached hydrogens (primary N) is 1. The van der Waals surface area contributed by atoms with Crippen LogP contribution >= 0.6 is 0 Å². The van der Waals surface area contributed by atoms with Crippen molar-refractivity contribution in [3.63, 3.8) is 0 Å². The molecule has 0 saturated carbocycles. The molecule has 0 bridgehead atoms. The lowest BCUT2D eigenvalue weighted by molar-refractivity contribution is 0.470. The van der Waals surface area contributed by atoms with Crippen LogP contribution in [0.15, 0.2) is 24.3 Å². The number of aryl methyl sites for hydroxylation is 1. The van der Waals surface area contributed by atoms with Crippen molar-refractivity contribution in [1.82, 2.24) is 15.0 Å². The summed E-state index contributed by atoms with van der Waals surface area (Å²) in [6.07, 6.45) is 0.722. The number of phenolic OH excluding ortho intramolecular Hbond substituents is 1. The van der Waals surface area contributed by atoms with Gasteiger partial charge < -0.3 is 10.8 Å². The van der Waals surface area contributed by atoms with Gasteiger partial charge in [-0.3, -0.25) is 0 Å². The first kappa shape index (κ1) is 9.51. The minimum Gasteiger partial charge on any atom is -0.506 e. The van der Waals surface area contributed by atoms with E-state index in [4.69, 9.17) is 5.73 Å². The van der Waals surface area contributed by atoms with E-state index in [2.05, 4.69) is 10.3 Å². The predicted molar refractivity (Wildman–Crippen MR) is 56.8 cm³/mol. The van der Waals surface area contributed by atoms with Gasteiger partial charge in [0.1, 0.15) is 17.1 Å². The number of benzene rings is 1. The Morgan fingerprint density at radius 3 is 2.73 bits per heavy atom. The van der Waals surface area contributed by atoms with Crippen LogP contribution in [0.2, 0.25) is 0 Å². The number of aromatic nitrogens is 3. The third-order valence-electron chi connectivity index (χ3n) is 2.22. The summed E-state index contributed by atoms with van der Waals surface area (Å²) < 4.78 is 1.44. The predicted octanol–water partition coefficient (Wildman–Crippen LogP) is 1.12. The molecule has 0 atom stereocenters. The number of nitrogens with zero attached hydrogens (tertiary/aromatic N) is 3. The highest BCUT2D eigenvalue weighted by Gasteiger charge is 2.11. The first-order chi connectivity index (χ1) is 7.24. The summed E-state index contributed by atoms with van der Waals surface area (Å²) in [7, 11) is 0. The van der Waals surface area contributed by atoms with Gasteiger partial charge in [-0.05, 0) is 18.6 Å². The van der Waals surface area contributed by atoms with E-state index in [0.29, 0.717) is 11.5 Å². The molecule has 0 spiro atoms. The SMILES string of the molecule is CCc1nnn(-c2ccccc2O)c1N. The van der Waals surface area contributed by atoms with Crippen molar-refractivity contribution in [3.05, 3.63) is 30.0 Å². The largest absolute Gasteiger partial charge is 0.506 e. The molecule has 5 heteroatoms. The van der Waals surface area contributed by atoms with Gasteiger partial charge in [0.15, 0.2) is 5.82 Å². The Labute approximate surface area is 87.1 Å². The summed E-state index contributed by atoms with van der Waals surface area (Å²) in [6.45, 7) is 1.95. The molecule has 0 aliphatic carbocycles. The van der Waals surface area contributed by atoms with Crippen LogP contribution in [0.1, 0.15) is 12.6 Å². The van der Waals surface area contributed by atoms with Gasteiger partial charge in [0.2, 0.25) is 0 Å². The van der Waals surface area contributed by atoms with Gasteiger partial charge >= 0.3 is 0 Å². The summed E-state index contributed by atoms with van der Waals surface area (Å²) >= 11 is 0. The van der Waals surface area contributed by atoms with E-state index >= 15 is 0 Å². The van der Waals surface area contributed by atoms with Crippen LogP contribution in [0.25, 0.3) is 5.69 Å². The third kappa shape index (κ3) is 1.52. The second-order valence-corrected chi connectivity index (χ2v) is 3.18. The van der Waals surface area contributed by atoms with Crippen LogP contribution in [0, 0.1) is 0 Å². The van der Waals surface area contributed by atoms with Crippen LogP contribution < -0.4 is 5.73 Å². The molecule has 0 radical (unpaired) electrons. The Morgan fingerprint density at radius 1 is 1.40 bits per heavy atom. The molecule has 0 aliphatic rings. The topological polar surface area (TPSA) is 77.0 Å². The minimum absolute atomic E-state index is 0.136. The molecule has 15 heavy (non-hydrogen) atoms. The molecule has 78 valence electrons. The fourth-order valence-corrected chi connectivity index (χ4v) is 1.39. The first-order valence-electron chi connectivity index (χ1n) is 4.72. The standard InChI is InChI=1S/C10H12N4O/c1-2-7-10(11)14(13-12-7)8-5-3-4-6-9(8)15/h3-6,15H,2,11H2,1H3. The summed E-state index contributed by atoms with van der Waals surface area (Å²) in [5.74, 6) is 0.607. The van der Waals surface area contributed by atoms with Gasteiger partial charge in [-0.2, -0.15) is 4.68 Å². The number of aromatic hydroxyl groups is 1. The molecule has 2 rings (SSSR count). The molecule has 1 heterocycles. The smallest absolute Gasteiger partial charge is 0.151 e. The molecule has 2 aromatic rings. The van der Waals surface area contributed by atoms with Gasteiger partial charge in [-0.1, -0.05) is 24.3 Å². The average molecular weight is 204 g/mol. The summed E-state index contributed by atoms with van der Waals surface area (Å²) in [4.78, 5) is 0. The second kappa shape index (κ2) is 3.61. The summed E-state index contributed by atoms with van der Waals surface area (Å²) in [6, 6.07) is 6.87. The average Bonchev–Trinajstić information content (AvgIpc) is 2.60. The number of rotatable bonds is 2. The van der Waals surface area contributed by atoms with Crippen molar-refractivity contribution < 1.29 is 5.11 Å². The highest BCUT2D eigenvalue weighted by atomic mass is 16.3. The number of hydrogen-bond acceptors (Lipinski definition) is 4. The molecule has 3 N–H and O–H groups in total. The molecule has 5 nitrogen and oxygen atoms in total.